The topological polar surface area (TPSA) is 40.7 Å². The zero-order valence-electron chi connectivity index (χ0n) is 9.55. The Balaban J connectivity index is 1.73. The molecule has 0 saturated carbocycles. The second-order valence-electron chi connectivity index (χ2n) is 4.28. The van der Waals surface area contributed by atoms with Gasteiger partial charge in [0.15, 0.2) is 0 Å². The van der Waals surface area contributed by atoms with Gasteiger partial charge in [0.2, 0.25) is 0 Å². The molecule has 2 aromatic carbocycles. The van der Waals surface area contributed by atoms with Gasteiger partial charge >= 0.3 is 0 Å². The lowest BCUT2D eigenvalue weighted by Gasteiger charge is -2.05. The van der Waals surface area contributed by atoms with E-state index in [1.54, 1.807) is 11.8 Å². The Bertz CT molecular complexity index is 662. The van der Waals surface area contributed by atoms with Crippen molar-refractivity contribution in [3.63, 3.8) is 0 Å². The summed E-state index contributed by atoms with van der Waals surface area (Å²) in [5.74, 6) is 0.984. The molecule has 0 spiro atoms. The lowest BCUT2D eigenvalue weighted by atomic mass is 10.3. The molecule has 1 aliphatic heterocycles. The molecule has 0 aliphatic carbocycles. The van der Waals surface area contributed by atoms with Gasteiger partial charge in [-0.25, -0.2) is 4.98 Å². The van der Waals surface area contributed by atoms with Gasteiger partial charge in [0.1, 0.15) is 11.2 Å². The van der Waals surface area contributed by atoms with Crippen LogP contribution in [0.25, 0.3) is 11.0 Å². The normalized spacial score (nSPS) is 17.7. The number of H-pyrrole nitrogens is 1. The van der Waals surface area contributed by atoms with E-state index in [1.807, 2.05) is 24.3 Å². The molecule has 4 rings (SSSR count). The van der Waals surface area contributed by atoms with Crippen molar-refractivity contribution in [3.8, 4) is 0 Å². The molecule has 1 atom stereocenters. The lowest BCUT2D eigenvalue weighted by molar-refractivity contribution is 0.999. The van der Waals surface area contributed by atoms with Crippen LogP contribution in [0.3, 0.4) is 0 Å². The van der Waals surface area contributed by atoms with Crippen LogP contribution in [0.15, 0.2) is 53.4 Å². The quantitative estimate of drug-likeness (QED) is 0.693. The number of hydrogen-bond acceptors (Lipinski definition) is 3. The predicted octanol–water partition coefficient (Wildman–Crippen LogP) is 3.78. The fourth-order valence-electron chi connectivity index (χ4n) is 2.21. The van der Waals surface area contributed by atoms with Gasteiger partial charge in [0.05, 0.1) is 11.0 Å². The van der Waals surface area contributed by atoms with Crippen LogP contribution in [0.5, 0.6) is 0 Å². The van der Waals surface area contributed by atoms with Gasteiger partial charge in [0.25, 0.3) is 0 Å². The van der Waals surface area contributed by atoms with E-state index in [1.165, 1.54) is 10.6 Å². The Morgan fingerprint density at radius 1 is 1.00 bits per heavy atom. The van der Waals surface area contributed by atoms with Crippen LogP contribution in [0.4, 0.5) is 5.69 Å². The van der Waals surface area contributed by atoms with E-state index in [4.69, 9.17) is 0 Å². The van der Waals surface area contributed by atoms with Gasteiger partial charge in [-0.15, -0.1) is 0 Å². The third-order valence-corrected chi connectivity index (χ3v) is 4.26. The molecule has 1 aromatic heterocycles. The van der Waals surface area contributed by atoms with Crippen LogP contribution in [-0.2, 0) is 0 Å². The van der Waals surface area contributed by atoms with Crippen molar-refractivity contribution in [3.05, 3.63) is 54.4 Å². The molecular formula is C14H11N3S. The molecule has 0 fully saturated rings. The first-order chi connectivity index (χ1) is 8.90. The third-order valence-electron chi connectivity index (χ3n) is 3.07. The molecule has 0 unspecified atom stereocenters. The summed E-state index contributed by atoms with van der Waals surface area (Å²) in [6.45, 7) is 0. The Hall–Kier alpha value is -1.94. The Kier molecular flexibility index (Phi) is 2.11. The van der Waals surface area contributed by atoms with Crippen molar-refractivity contribution in [2.45, 2.75) is 10.3 Å². The Labute approximate surface area is 109 Å². The molecule has 3 aromatic rings. The maximum atomic E-state index is 4.64. The largest absolute Gasteiger partial charge is 0.366 e. The maximum absolute atomic E-state index is 4.64. The number of anilines is 1. The van der Waals surface area contributed by atoms with E-state index in [2.05, 4.69) is 39.6 Å². The zero-order valence-corrected chi connectivity index (χ0v) is 10.4. The first kappa shape index (κ1) is 10.0. The summed E-state index contributed by atoms with van der Waals surface area (Å²) < 4.78 is 0. The average Bonchev–Trinajstić information content (AvgIpc) is 3.02. The number of benzene rings is 2. The first-order valence-electron chi connectivity index (χ1n) is 5.87. The predicted molar refractivity (Wildman–Crippen MR) is 74.8 cm³/mol. The second kappa shape index (κ2) is 3.78. The van der Waals surface area contributed by atoms with E-state index < -0.39 is 0 Å². The standard InChI is InChI=1S/C14H11N3S/c1-2-6-10-9(5-1)15-13(16-10)14-17-11-7-3-4-8-12(11)18-14/h1-8,14,17H,(H,15,16)/t14-/m0/s1. The summed E-state index contributed by atoms with van der Waals surface area (Å²) in [5, 5.41) is 3.66. The van der Waals surface area contributed by atoms with E-state index in [0.29, 0.717) is 0 Å². The summed E-state index contributed by atoms with van der Waals surface area (Å²) in [5.41, 5.74) is 3.30. The SMILES string of the molecule is c1ccc2c(c1)N[C@H](c1nc3ccccc3[nH]1)S2. The van der Waals surface area contributed by atoms with Crippen LogP contribution in [0.1, 0.15) is 11.2 Å². The minimum absolute atomic E-state index is 0.176. The van der Waals surface area contributed by atoms with Gasteiger partial charge in [0, 0.05) is 10.6 Å². The van der Waals surface area contributed by atoms with Crippen molar-refractivity contribution in [2.75, 3.05) is 5.32 Å². The number of fused-ring (bicyclic) bond motifs is 2. The van der Waals surface area contributed by atoms with Gasteiger partial charge in [-0.2, -0.15) is 0 Å². The van der Waals surface area contributed by atoms with Gasteiger partial charge in [-0.1, -0.05) is 36.0 Å². The Morgan fingerprint density at radius 3 is 2.72 bits per heavy atom. The van der Waals surface area contributed by atoms with Crippen molar-refractivity contribution in [1.29, 1.82) is 0 Å². The highest BCUT2D eigenvalue weighted by Crippen LogP contribution is 2.45. The lowest BCUT2D eigenvalue weighted by Crippen LogP contribution is -2.02. The first-order valence-corrected chi connectivity index (χ1v) is 6.75. The number of nitrogens with one attached hydrogen (secondary N) is 2. The van der Waals surface area contributed by atoms with Crippen LogP contribution < -0.4 is 5.32 Å². The van der Waals surface area contributed by atoms with Gasteiger partial charge in [-0.05, 0) is 24.3 Å². The summed E-state index contributed by atoms with van der Waals surface area (Å²) in [4.78, 5) is 9.30. The molecule has 2 N–H and O–H groups in total. The van der Waals surface area contributed by atoms with Crippen molar-refractivity contribution >= 4 is 28.5 Å². The molecule has 3 nitrogen and oxygen atoms in total. The maximum Gasteiger partial charge on any atom is 0.140 e. The number of aromatic amines is 1. The molecule has 0 saturated heterocycles. The van der Waals surface area contributed by atoms with Gasteiger partial charge in [-0.3, -0.25) is 0 Å². The van der Waals surface area contributed by atoms with E-state index in [0.717, 1.165) is 16.9 Å². The molecule has 1 aliphatic rings. The zero-order chi connectivity index (χ0) is 11.9. The van der Waals surface area contributed by atoms with Crippen LogP contribution in [-0.4, -0.2) is 9.97 Å². The number of aromatic nitrogens is 2. The minimum Gasteiger partial charge on any atom is -0.366 e. The highest BCUT2D eigenvalue weighted by atomic mass is 32.2. The molecule has 0 radical (unpaired) electrons. The minimum atomic E-state index is 0.176. The number of imidazole rings is 1. The smallest absolute Gasteiger partial charge is 0.140 e. The molecule has 0 amide bonds. The number of hydrogen-bond donors (Lipinski definition) is 2. The van der Waals surface area contributed by atoms with E-state index in [-0.39, 0.29) is 5.37 Å². The molecule has 88 valence electrons. The number of thioether (sulfide) groups is 1. The fourth-order valence-corrected chi connectivity index (χ4v) is 3.28. The highest BCUT2D eigenvalue weighted by Gasteiger charge is 2.24. The molecule has 0 bridgehead atoms. The van der Waals surface area contributed by atoms with Crippen molar-refractivity contribution in [1.82, 2.24) is 9.97 Å². The highest BCUT2D eigenvalue weighted by molar-refractivity contribution is 8.00. The number of nitrogens with zero attached hydrogens (tertiary/aromatic N) is 1. The van der Waals surface area contributed by atoms with E-state index >= 15 is 0 Å². The number of para-hydroxylation sites is 3. The monoisotopic (exact) mass is 253 g/mol. The number of rotatable bonds is 1. The van der Waals surface area contributed by atoms with Crippen LogP contribution >= 0.6 is 11.8 Å². The summed E-state index contributed by atoms with van der Waals surface area (Å²) in [7, 11) is 0. The average molecular weight is 253 g/mol. The molecule has 18 heavy (non-hydrogen) atoms. The second-order valence-corrected chi connectivity index (χ2v) is 5.42. The summed E-state index contributed by atoms with van der Waals surface area (Å²) in [6, 6.07) is 16.5. The van der Waals surface area contributed by atoms with E-state index in [9.17, 15) is 0 Å². The Morgan fingerprint density at radius 2 is 1.83 bits per heavy atom. The summed E-state index contributed by atoms with van der Waals surface area (Å²) in [6.07, 6.45) is 0. The molecule has 4 heteroatoms. The third kappa shape index (κ3) is 1.49. The van der Waals surface area contributed by atoms with Crippen molar-refractivity contribution < 1.29 is 0 Å². The molecule has 2 heterocycles. The van der Waals surface area contributed by atoms with Gasteiger partial charge < -0.3 is 10.3 Å². The van der Waals surface area contributed by atoms with Crippen LogP contribution in [0.2, 0.25) is 0 Å². The fraction of sp³-hybridized carbons (Fsp3) is 0.0714. The summed E-state index contributed by atoms with van der Waals surface area (Å²) >= 11 is 1.80. The molecular weight excluding hydrogens is 242 g/mol. The van der Waals surface area contributed by atoms with Crippen molar-refractivity contribution in [2.24, 2.45) is 0 Å². The van der Waals surface area contributed by atoms with Crippen LogP contribution in [0, 0.1) is 0 Å².